The molecule has 1 aliphatic rings. The van der Waals surface area contributed by atoms with Crippen LogP contribution in [-0.4, -0.2) is 43.8 Å². The van der Waals surface area contributed by atoms with Crippen molar-refractivity contribution in [1.29, 1.82) is 0 Å². The predicted molar refractivity (Wildman–Crippen MR) is 169 cm³/mol. The summed E-state index contributed by atoms with van der Waals surface area (Å²) in [6, 6.07) is 16.8. The number of hydrogen-bond acceptors (Lipinski definition) is 4. The average Bonchev–Trinajstić information content (AvgIpc) is 3.47. The number of halogens is 3. The Morgan fingerprint density at radius 2 is 1.64 bits per heavy atom. The van der Waals surface area contributed by atoms with Gasteiger partial charge in [0.2, 0.25) is 11.8 Å². The number of nitrogens with zero attached hydrogens (tertiary/aromatic N) is 2. The minimum absolute atomic E-state index is 0.0146. The molecule has 0 spiro atoms. The summed E-state index contributed by atoms with van der Waals surface area (Å²) in [6.45, 7) is 3.05. The van der Waals surface area contributed by atoms with Crippen LogP contribution < -0.4 is 9.62 Å². The first-order valence-electron chi connectivity index (χ1n) is 13.9. The monoisotopic (exact) mass is 649 g/mol. The lowest BCUT2D eigenvalue weighted by Gasteiger charge is -2.34. The number of carbonyl (C=O) groups is 2. The first-order chi connectivity index (χ1) is 20.0. The Kier molecular flexibility index (Phi) is 10.8. The molecule has 2 amide bonds. The standard InChI is InChI=1S/C31H34Cl3N3O4S/c1-3-29(31(39)35-24-9-7-8-10-24)36(19-22-14-15-23(32)17-28(22)34)30(38)20-37(25-16-13-21(2)27(33)18-25)42(40,41)26-11-5-4-6-12-26/h4-6,11-18,24,29H,3,7-10,19-20H2,1-2H3,(H,35,39). The highest BCUT2D eigenvalue weighted by atomic mass is 35.5. The maximum atomic E-state index is 14.2. The molecule has 0 radical (unpaired) electrons. The lowest BCUT2D eigenvalue weighted by Crippen LogP contribution is -2.53. The number of sulfonamides is 1. The fourth-order valence-corrected chi connectivity index (χ4v) is 7.18. The van der Waals surface area contributed by atoms with Crippen LogP contribution >= 0.6 is 34.8 Å². The van der Waals surface area contributed by atoms with Crippen LogP contribution in [0.3, 0.4) is 0 Å². The van der Waals surface area contributed by atoms with Crippen molar-refractivity contribution in [2.24, 2.45) is 0 Å². The molecule has 11 heteroatoms. The van der Waals surface area contributed by atoms with Crippen LogP contribution in [0.15, 0.2) is 71.6 Å². The van der Waals surface area contributed by atoms with E-state index < -0.39 is 28.5 Å². The molecule has 1 saturated carbocycles. The van der Waals surface area contributed by atoms with Crippen molar-refractivity contribution in [2.75, 3.05) is 10.8 Å². The zero-order valence-corrected chi connectivity index (χ0v) is 26.6. The number of hydrogen-bond donors (Lipinski definition) is 1. The van der Waals surface area contributed by atoms with Gasteiger partial charge in [0.25, 0.3) is 10.0 Å². The van der Waals surface area contributed by atoms with E-state index in [9.17, 15) is 18.0 Å². The topological polar surface area (TPSA) is 86.8 Å². The summed E-state index contributed by atoms with van der Waals surface area (Å²) in [5.41, 5.74) is 1.57. The minimum Gasteiger partial charge on any atom is -0.352 e. The average molecular weight is 651 g/mol. The third-order valence-corrected chi connectivity index (χ3v) is 10.3. The van der Waals surface area contributed by atoms with Gasteiger partial charge in [-0.25, -0.2) is 8.42 Å². The molecule has 1 fully saturated rings. The lowest BCUT2D eigenvalue weighted by molar-refractivity contribution is -0.140. The van der Waals surface area contributed by atoms with Gasteiger partial charge in [0, 0.05) is 27.7 Å². The van der Waals surface area contributed by atoms with Crippen LogP contribution in [0.25, 0.3) is 0 Å². The van der Waals surface area contributed by atoms with Gasteiger partial charge < -0.3 is 10.2 Å². The van der Waals surface area contributed by atoms with Gasteiger partial charge in [-0.1, -0.05) is 84.9 Å². The van der Waals surface area contributed by atoms with E-state index in [1.165, 1.54) is 23.1 Å². The number of carbonyl (C=O) groups excluding carboxylic acids is 2. The van der Waals surface area contributed by atoms with Crippen molar-refractivity contribution in [3.63, 3.8) is 0 Å². The molecule has 3 aromatic rings. The number of rotatable bonds is 11. The van der Waals surface area contributed by atoms with E-state index in [2.05, 4.69) is 5.32 Å². The summed E-state index contributed by atoms with van der Waals surface area (Å²) in [5.74, 6) is -0.843. The summed E-state index contributed by atoms with van der Waals surface area (Å²) in [6.07, 6.45) is 4.16. The first-order valence-corrected chi connectivity index (χ1v) is 16.5. The molecule has 4 rings (SSSR count). The smallest absolute Gasteiger partial charge is 0.264 e. The highest BCUT2D eigenvalue weighted by molar-refractivity contribution is 7.92. The van der Waals surface area contributed by atoms with Crippen molar-refractivity contribution < 1.29 is 18.0 Å². The Morgan fingerprint density at radius 1 is 0.952 bits per heavy atom. The largest absolute Gasteiger partial charge is 0.352 e. The minimum atomic E-state index is -4.19. The van der Waals surface area contributed by atoms with Crippen LogP contribution in [0.5, 0.6) is 0 Å². The molecular formula is C31H34Cl3N3O4S. The number of amides is 2. The van der Waals surface area contributed by atoms with Crippen LogP contribution in [-0.2, 0) is 26.2 Å². The molecule has 3 aromatic carbocycles. The fourth-order valence-electron chi connectivity index (χ4n) is 5.11. The fraction of sp³-hybridized carbons (Fsp3) is 0.355. The summed E-state index contributed by atoms with van der Waals surface area (Å²) >= 11 is 19.0. The van der Waals surface area contributed by atoms with Gasteiger partial charge in [0.05, 0.1) is 10.6 Å². The summed E-state index contributed by atoms with van der Waals surface area (Å²) in [5, 5.41) is 4.23. The van der Waals surface area contributed by atoms with Crippen LogP contribution in [0.1, 0.15) is 50.2 Å². The maximum Gasteiger partial charge on any atom is 0.264 e. The third-order valence-electron chi connectivity index (χ3n) is 7.50. The molecule has 224 valence electrons. The van der Waals surface area contributed by atoms with E-state index in [1.807, 2.05) is 6.92 Å². The molecule has 1 aliphatic carbocycles. The van der Waals surface area contributed by atoms with E-state index in [4.69, 9.17) is 34.8 Å². The summed E-state index contributed by atoms with van der Waals surface area (Å²) in [7, 11) is -4.19. The normalized spacial score (nSPS) is 14.4. The second-order valence-corrected chi connectivity index (χ2v) is 13.5. The van der Waals surface area contributed by atoms with Gasteiger partial charge in [-0.05, 0) is 73.7 Å². The van der Waals surface area contributed by atoms with E-state index in [0.29, 0.717) is 27.1 Å². The molecule has 1 unspecified atom stereocenters. The molecule has 0 bridgehead atoms. The van der Waals surface area contributed by atoms with E-state index in [-0.39, 0.29) is 29.1 Å². The number of benzene rings is 3. The third kappa shape index (κ3) is 7.59. The summed E-state index contributed by atoms with van der Waals surface area (Å²) < 4.78 is 28.9. The van der Waals surface area contributed by atoms with Crippen LogP contribution in [0, 0.1) is 6.92 Å². The van der Waals surface area contributed by atoms with E-state index in [1.54, 1.807) is 55.5 Å². The quantitative estimate of drug-likeness (QED) is 0.242. The molecule has 0 saturated heterocycles. The van der Waals surface area contributed by atoms with Gasteiger partial charge >= 0.3 is 0 Å². The van der Waals surface area contributed by atoms with Gasteiger partial charge in [0.15, 0.2) is 0 Å². The van der Waals surface area contributed by atoms with Crippen molar-refractivity contribution in [3.8, 4) is 0 Å². The Bertz CT molecular complexity index is 1530. The highest BCUT2D eigenvalue weighted by Crippen LogP contribution is 2.30. The molecule has 7 nitrogen and oxygen atoms in total. The second-order valence-electron chi connectivity index (χ2n) is 10.4. The summed E-state index contributed by atoms with van der Waals surface area (Å²) in [4.78, 5) is 29.2. The molecule has 1 N–H and O–H groups in total. The Balaban J connectivity index is 1.74. The zero-order chi connectivity index (χ0) is 30.4. The number of anilines is 1. The predicted octanol–water partition coefficient (Wildman–Crippen LogP) is 7.02. The molecule has 0 aromatic heterocycles. The van der Waals surface area contributed by atoms with Crippen molar-refractivity contribution >= 4 is 62.3 Å². The second kappa shape index (κ2) is 14.1. The zero-order valence-electron chi connectivity index (χ0n) is 23.5. The van der Waals surface area contributed by atoms with Crippen LogP contribution in [0.2, 0.25) is 15.1 Å². The van der Waals surface area contributed by atoms with Gasteiger partial charge in [0.1, 0.15) is 12.6 Å². The van der Waals surface area contributed by atoms with Crippen molar-refractivity contribution in [1.82, 2.24) is 10.2 Å². The van der Waals surface area contributed by atoms with Gasteiger partial charge in [-0.15, -0.1) is 0 Å². The van der Waals surface area contributed by atoms with E-state index in [0.717, 1.165) is 35.6 Å². The maximum absolute atomic E-state index is 14.2. The molecular weight excluding hydrogens is 617 g/mol. The van der Waals surface area contributed by atoms with Gasteiger partial charge in [-0.2, -0.15) is 0 Å². The van der Waals surface area contributed by atoms with Gasteiger partial charge in [-0.3, -0.25) is 13.9 Å². The lowest BCUT2D eigenvalue weighted by atomic mass is 10.1. The number of nitrogens with one attached hydrogen (secondary N) is 1. The number of aryl methyl sites for hydroxylation is 1. The molecule has 0 heterocycles. The SMILES string of the molecule is CCC(C(=O)NC1CCCC1)N(Cc1ccc(Cl)cc1Cl)C(=O)CN(c1ccc(C)c(Cl)c1)S(=O)(=O)c1ccccc1. The Labute approximate surface area is 262 Å². The Hall–Kier alpha value is -2.78. The van der Waals surface area contributed by atoms with Crippen molar-refractivity contribution in [2.45, 2.75) is 69.5 Å². The molecule has 0 aliphatic heterocycles. The molecule has 42 heavy (non-hydrogen) atoms. The van der Waals surface area contributed by atoms with Crippen LogP contribution in [0.4, 0.5) is 5.69 Å². The van der Waals surface area contributed by atoms with Crippen molar-refractivity contribution in [3.05, 3.63) is 92.9 Å². The first kappa shape index (κ1) is 32.1. The highest BCUT2D eigenvalue weighted by Gasteiger charge is 2.35. The Morgan fingerprint density at radius 3 is 2.26 bits per heavy atom. The molecule has 1 atom stereocenters. The van der Waals surface area contributed by atoms with E-state index >= 15 is 0 Å².